The molecule has 1 amide bonds. The molecule has 2 N–H and O–H groups in total. The van der Waals surface area contributed by atoms with E-state index in [4.69, 9.17) is 0 Å². The minimum Gasteiger partial charge on any atom is -0.372 e. The van der Waals surface area contributed by atoms with Crippen LogP contribution in [0.4, 0.5) is 4.39 Å². The lowest BCUT2D eigenvalue weighted by Crippen LogP contribution is -2.46. The first-order valence-electron chi connectivity index (χ1n) is 11.1. The van der Waals surface area contributed by atoms with Gasteiger partial charge in [0.05, 0.1) is 0 Å². The standard InChI is InChI=1S/C27H27FN2O2/c28-22-13-11-21(12-14-22)27(32,20-9-5-2-6-10-20)26(31)29-15-23-24-17-30(18-25(23)24)16-19-7-3-1-4-8-19/h1-14,23-25,32H,15-18H2,(H,29,31)/t23?,24?,25?,27-/m0/s1. The van der Waals surface area contributed by atoms with E-state index in [1.165, 1.54) is 29.8 Å². The average Bonchev–Trinajstić information content (AvgIpc) is 3.28. The highest BCUT2D eigenvalue weighted by Crippen LogP contribution is 2.51. The number of fused-ring (bicyclic) bond motifs is 1. The number of carbonyl (C=O) groups excluding carboxylic acids is 1. The Bertz CT molecular complexity index is 1060. The highest BCUT2D eigenvalue weighted by Gasteiger charge is 2.55. The van der Waals surface area contributed by atoms with Crippen LogP contribution in [-0.2, 0) is 16.9 Å². The number of piperidine rings is 1. The Kier molecular flexibility index (Phi) is 5.53. The van der Waals surface area contributed by atoms with E-state index in [0.29, 0.717) is 35.4 Å². The van der Waals surface area contributed by atoms with Crippen molar-refractivity contribution in [2.45, 2.75) is 12.1 Å². The van der Waals surface area contributed by atoms with Gasteiger partial charge in [-0.15, -0.1) is 0 Å². The first kappa shape index (κ1) is 20.9. The molecule has 0 spiro atoms. The zero-order chi connectivity index (χ0) is 22.1. The third-order valence-corrected chi connectivity index (χ3v) is 6.98. The first-order chi connectivity index (χ1) is 15.6. The van der Waals surface area contributed by atoms with Crippen LogP contribution < -0.4 is 5.32 Å². The van der Waals surface area contributed by atoms with Crippen molar-refractivity contribution in [3.63, 3.8) is 0 Å². The van der Waals surface area contributed by atoms with Gasteiger partial charge in [-0.3, -0.25) is 9.69 Å². The van der Waals surface area contributed by atoms with Crippen LogP contribution in [-0.4, -0.2) is 35.5 Å². The number of aliphatic hydroxyl groups is 1. The third kappa shape index (κ3) is 3.94. The van der Waals surface area contributed by atoms with E-state index in [2.05, 4.69) is 34.5 Å². The number of nitrogens with zero attached hydrogens (tertiary/aromatic N) is 1. The normalized spacial score (nSPS) is 23.9. The van der Waals surface area contributed by atoms with Crippen molar-refractivity contribution in [1.82, 2.24) is 10.2 Å². The molecule has 2 unspecified atom stereocenters. The summed E-state index contributed by atoms with van der Waals surface area (Å²) in [6.45, 7) is 3.59. The Balaban J connectivity index is 1.23. The second-order valence-corrected chi connectivity index (χ2v) is 8.96. The molecule has 164 valence electrons. The number of carbonyl (C=O) groups is 1. The number of amides is 1. The highest BCUT2D eigenvalue weighted by atomic mass is 19.1. The number of hydrogen-bond acceptors (Lipinski definition) is 3. The second-order valence-electron chi connectivity index (χ2n) is 8.96. The van der Waals surface area contributed by atoms with Gasteiger partial charge >= 0.3 is 0 Å². The van der Waals surface area contributed by atoms with Crippen LogP contribution in [0.5, 0.6) is 0 Å². The van der Waals surface area contributed by atoms with Crippen molar-refractivity contribution < 1.29 is 14.3 Å². The molecule has 3 aromatic carbocycles. The van der Waals surface area contributed by atoms with E-state index in [9.17, 15) is 14.3 Å². The Labute approximate surface area is 187 Å². The Morgan fingerprint density at radius 1 is 0.906 bits per heavy atom. The monoisotopic (exact) mass is 430 g/mol. The Morgan fingerprint density at radius 3 is 2.09 bits per heavy atom. The van der Waals surface area contributed by atoms with Crippen LogP contribution in [0, 0.1) is 23.6 Å². The number of rotatable bonds is 7. The molecular formula is C27H27FN2O2. The highest BCUT2D eigenvalue weighted by molar-refractivity contribution is 5.90. The molecule has 3 aromatic rings. The minimum atomic E-state index is -1.86. The SMILES string of the molecule is O=C(NCC1C2CN(Cc3ccccc3)CC12)[C@](O)(c1ccccc1)c1ccc(F)cc1. The molecule has 1 aliphatic carbocycles. The summed E-state index contributed by atoms with van der Waals surface area (Å²) < 4.78 is 13.5. The van der Waals surface area contributed by atoms with E-state index in [-0.39, 0.29) is 0 Å². The molecule has 2 aliphatic rings. The molecule has 5 heteroatoms. The van der Waals surface area contributed by atoms with Crippen molar-refractivity contribution in [2.24, 2.45) is 17.8 Å². The summed E-state index contributed by atoms with van der Waals surface area (Å²) in [5, 5.41) is 14.5. The zero-order valence-electron chi connectivity index (χ0n) is 17.8. The van der Waals surface area contributed by atoms with Gasteiger partial charge in [-0.25, -0.2) is 4.39 Å². The topological polar surface area (TPSA) is 52.6 Å². The van der Waals surface area contributed by atoms with Gasteiger partial charge in [0.2, 0.25) is 0 Å². The van der Waals surface area contributed by atoms with Gasteiger partial charge in [0, 0.05) is 26.2 Å². The van der Waals surface area contributed by atoms with Gasteiger partial charge < -0.3 is 10.4 Å². The molecule has 5 rings (SSSR count). The minimum absolute atomic E-state index is 0.354. The lowest BCUT2D eigenvalue weighted by molar-refractivity contribution is -0.136. The molecule has 4 nitrogen and oxygen atoms in total. The van der Waals surface area contributed by atoms with Gasteiger partial charge in [-0.05, 0) is 46.6 Å². The maximum absolute atomic E-state index is 13.5. The van der Waals surface area contributed by atoms with Gasteiger partial charge in [0.15, 0.2) is 5.60 Å². The molecule has 32 heavy (non-hydrogen) atoms. The first-order valence-corrected chi connectivity index (χ1v) is 11.1. The average molecular weight is 431 g/mol. The maximum Gasteiger partial charge on any atom is 0.261 e. The van der Waals surface area contributed by atoms with Crippen molar-refractivity contribution in [3.05, 3.63) is 107 Å². The van der Waals surface area contributed by atoms with Crippen molar-refractivity contribution in [3.8, 4) is 0 Å². The number of nitrogens with one attached hydrogen (secondary N) is 1. The Hall–Kier alpha value is -3.02. The van der Waals surface area contributed by atoms with Crippen LogP contribution in [0.1, 0.15) is 16.7 Å². The fourth-order valence-corrected chi connectivity index (χ4v) is 5.15. The van der Waals surface area contributed by atoms with Crippen molar-refractivity contribution in [1.29, 1.82) is 0 Å². The van der Waals surface area contributed by atoms with Crippen LogP contribution >= 0.6 is 0 Å². The Morgan fingerprint density at radius 2 is 1.47 bits per heavy atom. The molecular weight excluding hydrogens is 403 g/mol. The lowest BCUT2D eigenvalue weighted by Gasteiger charge is -2.28. The second kappa shape index (κ2) is 8.49. The van der Waals surface area contributed by atoms with Crippen molar-refractivity contribution >= 4 is 5.91 Å². The quantitative estimate of drug-likeness (QED) is 0.603. The van der Waals surface area contributed by atoms with E-state index in [0.717, 1.165) is 19.6 Å². The third-order valence-electron chi connectivity index (χ3n) is 6.98. The molecule has 0 aromatic heterocycles. The molecule has 2 fully saturated rings. The number of hydrogen-bond donors (Lipinski definition) is 2. The van der Waals surface area contributed by atoms with Gasteiger partial charge in [-0.1, -0.05) is 72.8 Å². The van der Waals surface area contributed by atoms with E-state index < -0.39 is 17.3 Å². The fraction of sp³-hybridized carbons (Fsp3) is 0.296. The predicted molar refractivity (Wildman–Crippen MR) is 121 cm³/mol. The molecule has 1 saturated carbocycles. The molecule has 3 atom stereocenters. The van der Waals surface area contributed by atoms with E-state index >= 15 is 0 Å². The summed E-state index contributed by atoms with van der Waals surface area (Å²) >= 11 is 0. The van der Waals surface area contributed by atoms with E-state index in [1.54, 1.807) is 24.3 Å². The van der Waals surface area contributed by atoms with Crippen LogP contribution in [0.2, 0.25) is 0 Å². The van der Waals surface area contributed by atoms with Crippen LogP contribution in [0.15, 0.2) is 84.9 Å². The van der Waals surface area contributed by atoms with Gasteiger partial charge in [0.25, 0.3) is 5.91 Å². The van der Waals surface area contributed by atoms with Gasteiger partial charge in [-0.2, -0.15) is 0 Å². The summed E-state index contributed by atoms with van der Waals surface area (Å²) in [7, 11) is 0. The molecule has 1 aliphatic heterocycles. The summed E-state index contributed by atoms with van der Waals surface area (Å²) in [6, 6.07) is 24.8. The van der Waals surface area contributed by atoms with Crippen molar-refractivity contribution in [2.75, 3.05) is 19.6 Å². The largest absolute Gasteiger partial charge is 0.372 e. The smallest absolute Gasteiger partial charge is 0.261 e. The lowest BCUT2D eigenvalue weighted by atomic mass is 9.85. The fourth-order valence-electron chi connectivity index (χ4n) is 5.15. The molecule has 1 saturated heterocycles. The summed E-state index contributed by atoms with van der Waals surface area (Å²) in [6.07, 6.45) is 0. The summed E-state index contributed by atoms with van der Waals surface area (Å²) in [4.78, 5) is 15.7. The van der Waals surface area contributed by atoms with Gasteiger partial charge in [0.1, 0.15) is 5.82 Å². The zero-order valence-corrected chi connectivity index (χ0v) is 17.8. The summed E-state index contributed by atoms with van der Waals surface area (Å²) in [5.74, 6) is 0.750. The predicted octanol–water partition coefficient (Wildman–Crippen LogP) is 3.56. The number of benzene rings is 3. The number of halogens is 1. The molecule has 1 heterocycles. The van der Waals surface area contributed by atoms with E-state index in [1.807, 2.05) is 12.1 Å². The molecule has 0 radical (unpaired) electrons. The number of likely N-dealkylation sites (tertiary alicyclic amines) is 1. The molecule has 0 bridgehead atoms. The van der Waals surface area contributed by atoms with Crippen LogP contribution in [0.25, 0.3) is 0 Å². The summed E-state index contributed by atoms with van der Waals surface area (Å²) in [5.41, 5.74) is 0.283. The van der Waals surface area contributed by atoms with Crippen LogP contribution in [0.3, 0.4) is 0 Å². The maximum atomic E-state index is 13.5.